The summed E-state index contributed by atoms with van der Waals surface area (Å²) in [5.41, 5.74) is 2.31. The predicted octanol–water partition coefficient (Wildman–Crippen LogP) is 3.53. The van der Waals surface area contributed by atoms with Crippen LogP contribution >= 0.6 is 0 Å². The Morgan fingerprint density at radius 3 is 2.82 bits per heavy atom. The summed E-state index contributed by atoms with van der Waals surface area (Å²) >= 11 is 0. The number of halogens is 1. The van der Waals surface area contributed by atoms with Gasteiger partial charge in [-0.15, -0.1) is 0 Å². The Bertz CT molecular complexity index is 231. The van der Waals surface area contributed by atoms with Crippen LogP contribution in [-0.2, 0) is 0 Å². The average molecular weight is 152 g/mol. The Morgan fingerprint density at radius 2 is 2.18 bits per heavy atom. The third-order valence-electron chi connectivity index (χ3n) is 1.81. The molecule has 0 saturated carbocycles. The topological polar surface area (TPSA) is 0 Å². The molecule has 11 heavy (non-hydrogen) atoms. The largest absolute Gasteiger partial charge is 0.207 e. The Kier molecular flexibility index (Phi) is 2.64. The Hall–Kier alpha value is -0.850. The van der Waals surface area contributed by atoms with Gasteiger partial charge in [-0.05, 0) is 37.5 Å². The highest BCUT2D eigenvalue weighted by Gasteiger charge is 1.99. The van der Waals surface area contributed by atoms with Crippen molar-refractivity contribution in [3.8, 4) is 0 Å². The molecule has 0 saturated heterocycles. The van der Waals surface area contributed by atoms with Crippen LogP contribution in [0.1, 0.15) is 26.7 Å². The number of hydrogen-bond acceptors (Lipinski definition) is 0. The smallest absolute Gasteiger partial charge is 0.119 e. The van der Waals surface area contributed by atoms with Gasteiger partial charge in [-0.3, -0.25) is 0 Å². The van der Waals surface area contributed by atoms with Gasteiger partial charge >= 0.3 is 0 Å². The minimum Gasteiger partial charge on any atom is -0.207 e. The van der Waals surface area contributed by atoms with Gasteiger partial charge in [0.1, 0.15) is 5.83 Å². The fourth-order valence-electron chi connectivity index (χ4n) is 1.17. The van der Waals surface area contributed by atoms with Gasteiger partial charge in [0.05, 0.1) is 0 Å². The third kappa shape index (κ3) is 2.34. The van der Waals surface area contributed by atoms with E-state index in [0.717, 1.165) is 18.4 Å². The molecule has 0 aromatic carbocycles. The molecule has 60 valence electrons. The molecule has 0 heterocycles. The van der Waals surface area contributed by atoms with Gasteiger partial charge in [0, 0.05) is 0 Å². The van der Waals surface area contributed by atoms with Crippen molar-refractivity contribution in [1.29, 1.82) is 0 Å². The summed E-state index contributed by atoms with van der Waals surface area (Å²) in [5.74, 6) is -0.109. The van der Waals surface area contributed by atoms with E-state index < -0.39 is 0 Å². The second kappa shape index (κ2) is 3.51. The molecule has 0 N–H and O–H groups in total. The van der Waals surface area contributed by atoms with E-state index in [1.54, 1.807) is 12.2 Å². The van der Waals surface area contributed by atoms with Crippen LogP contribution < -0.4 is 0 Å². The lowest BCUT2D eigenvalue weighted by Gasteiger charge is -1.96. The van der Waals surface area contributed by atoms with E-state index in [-0.39, 0.29) is 5.83 Å². The van der Waals surface area contributed by atoms with Gasteiger partial charge in [-0.2, -0.15) is 0 Å². The fourth-order valence-corrected chi connectivity index (χ4v) is 1.17. The van der Waals surface area contributed by atoms with Crippen LogP contribution in [0.25, 0.3) is 0 Å². The fraction of sp³-hybridized carbons (Fsp3) is 0.400. The minimum atomic E-state index is -0.109. The van der Waals surface area contributed by atoms with E-state index in [1.807, 2.05) is 6.92 Å². The number of hydrogen-bond donors (Lipinski definition) is 0. The highest BCUT2D eigenvalue weighted by Crippen LogP contribution is 2.18. The van der Waals surface area contributed by atoms with Crippen molar-refractivity contribution >= 4 is 0 Å². The van der Waals surface area contributed by atoms with Crippen molar-refractivity contribution in [3.05, 3.63) is 35.2 Å². The summed E-state index contributed by atoms with van der Waals surface area (Å²) < 4.78 is 12.8. The molecule has 0 bridgehead atoms. The van der Waals surface area contributed by atoms with E-state index in [4.69, 9.17) is 0 Å². The number of allylic oxidation sites excluding steroid dienone is 6. The molecular weight excluding hydrogens is 139 g/mol. The molecule has 0 unspecified atom stereocenters. The minimum absolute atomic E-state index is 0.109. The summed E-state index contributed by atoms with van der Waals surface area (Å²) in [4.78, 5) is 0. The third-order valence-corrected chi connectivity index (χ3v) is 1.81. The maximum absolute atomic E-state index is 12.8. The quantitative estimate of drug-likeness (QED) is 0.539. The molecule has 0 nitrogen and oxygen atoms in total. The Labute approximate surface area is 67.1 Å². The molecule has 1 heteroatoms. The second-order valence-electron chi connectivity index (χ2n) is 2.84. The zero-order valence-corrected chi connectivity index (χ0v) is 7.02. The standard InChI is InChI=1S/C10H13F/c1-3-9-4-5-10(11)7-8(2)6-9/h5-7H,3-4H2,1-2H3. The zero-order valence-electron chi connectivity index (χ0n) is 7.02. The molecule has 0 fully saturated rings. The second-order valence-corrected chi connectivity index (χ2v) is 2.84. The molecule has 0 spiro atoms. The van der Waals surface area contributed by atoms with Gasteiger partial charge in [-0.25, -0.2) is 4.39 Å². The lowest BCUT2D eigenvalue weighted by molar-refractivity contribution is 0.661. The Morgan fingerprint density at radius 1 is 1.45 bits per heavy atom. The van der Waals surface area contributed by atoms with E-state index >= 15 is 0 Å². The first-order valence-electron chi connectivity index (χ1n) is 3.95. The van der Waals surface area contributed by atoms with E-state index in [1.165, 1.54) is 5.57 Å². The lowest BCUT2D eigenvalue weighted by Crippen LogP contribution is -1.77. The van der Waals surface area contributed by atoms with Crippen LogP contribution in [-0.4, -0.2) is 0 Å². The highest BCUT2D eigenvalue weighted by molar-refractivity contribution is 5.32. The molecular formula is C10H13F. The highest BCUT2D eigenvalue weighted by atomic mass is 19.1. The molecule has 0 aromatic rings. The van der Waals surface area contributed by atoms with Gasteiger partial charge in [0.2, 0.25) is 0 Å². The van der Waals surface area contributed by atoms with Crippen molar-refractivity contribution in [2.45, 2.75) is 26.7 Å². The maximum atomic E-state index is 12.8. The van der Waals surface area contributed by atoms with Crippen molar-refractivity contribution in [3.63, 3.8) is 0 Å². The lowest BCUT2D eigenvalue weighted by atomic mass is 10.1. The summed E-state index contributed by atoms with van der Waals surface area (Å²) in [6.07, 6.45) is 7.03. The molecule has 0 aliphatic heterocycles. The van der Waals surface area contributed by atoms with E-state index in [9.17, 15) is 4.39 Å². The van der Waals surface area contributed by atoms with Crippen LogP contribution in [0.15, 0.2) is 35.2 Å². The van der Waals surface area contributed by atoms with Crippen LogP contribution in [0.5, 0.6) is 0 Å². The summed E-state index contributed by atoms with van der Waals surface area (Å²) in [5, 5.41) is 0. The van der Waals surface area contributed by atoms with Gasteiger partial charge in [0.15, 0.2) is 0 Å². The van der Waals surface area contributed by atoms with Crippen molar-refractivity contribution in [2.24, 2.45) is 0 Å². The zero-order chi connectivity index (χ0) is 8.27. The predicted molar refractivity (Wildman–Crippen MR) is 45.9 cm³/mol. The number of rotatable bonds is 1. The van der Waals surface area contributed by atoms with Crippen LogP contribution in [0, 0.1) is 0 Å². The summed E-state index contributed by atoms with van der Waals surface area (Å²) in [6, 6.07) is 0. The van der Waals surface area contributed by atoms with Gasteiger partial charge in [-0.1, -0.05) is 18.6 Å². The van der Waals surface area contributed by atoms with E-state index in [0.29, 0.717) is 0 Å². The Balaban J connectivity index is 2.85. The van der Waals surface area contributed by atoms with Crippen molar-refractivity contribution in [2.75, 3.05) is 0 Å². The molecule has 0 radical (unpaired) electrons. The first kappa shape index (κ1) is 8.25. The van der Waals surface area contributed by atoms with E-state index in [2.05, 4.69) is 13.0 Å². The summed E-state index contributed by atoms with van der Waals surface area (Å²) in [7, 11) is 0. The van der Waals surface area contributed by atoms with Gasteiger partial charge < -0.3 is 0 Å². The SMILES string of the molecule is CCC1=CC(C)=CC(F)=CC1. The molecule has 0 atom stereocenters. The molecule has 1 rings (SSSR count). The normalized spacial score (nSPS) is 18.3. The average Bonchev–Trinajstić information content (AvgIpc) is 2.11. The first-order chi connectivity index (χ1) is 5.22. The summed E-state index contributed by atoms with van der Waals surface area (Å²) in [6.45, 7) is 4.02. The van der Waals surface area contributed by atoms with Crippen LogP contribution in [0.4, 0.5) is 4.39 Å². The molecule has 1 aliphatic rings. The van der Waals surface area contributed by atoms with Crippen molar-refractivity contribution < 1.29 is 4.39 Å². The molecule has 1 aliphatic carbocycles. The van der Waals surface area contributed by atoms with Crippen LogP contribution in [0.3, 0.4) is 0 Å². The monoisotopic (exact) mass is 152 g/mol. The van der Waals surface area contributed by atoms with Crippen LogP contribution in [0.2, 0.25) is 0 Å². The van der Waals surface area contributed by atoms with Crippen molar-refractivity contribution in [1.82, 2.24) is 0 Å². The molecule has 0 aromatic heterocycles. The first-order valence-corrected chi connectivity index (χ1v) is 3.95. The van der Waals surface area contributed by atoms with Gasteiger partial charge in [0.25, 0.3) is 0 Å². The molecule has 0 amide bonds. The maximum Gasteiger partial charge on any atom is 0.119 e.